The second-order valence-corrected chi connectivity index (χ2v) is 5.16. The van der Waals surface area contributed by atoms with Crippen LogP contribution in [0.5, 0.6) is 11.5 Å². The number of hydrogen-bond acceptors (Lipinski definition) is 2. The van der Waals surface area contributed by atoms with E-state index in [1.807, 2.05) is 48.5 Å². The highest BCUT2D eigenvalue weighted by Gasteiger charge is 1.96. The topological polar surface area (TPSA) is 18.5 Å². The lowest BCUT2D eigenvalue weighted by molar-refractivity contribution is 0.305. The molecule has 0 saturated heterocycles. The van der Waals surface area contributed by atoms with Crippen molar-refractivity contribution in [1.82, 2.24) is 0 Å². The molecule has 2 nitrogen and oxygen atoms in total. The van der Waals surface area contributed by atoms with Crippen molar-refractivity contribution in [1.29, 1.82) is 0 Å². The van der Waals surface area contributed by atoms with Gasteiger partial charge in [-0.1, -0.05) is 48.6 Å². The predicted octanol–water partition coefficient (Wildman–Crippen LogP) is 5.35. The Morgan fingerprint density at radius 3 is 2.45 bits per heavy atom. The van der Waals surface area contributed by atoms with E-state index in [1.165, 1.54) is 12.8 Å². The first-order valence-corrected chi connectivity index (χ1v) is 7.87. The van der Waals surface area contributed by atoms with E-state index in [9.17, 15) is 0 Å². The predicted molar refractivity (Wildman–Crippen MR) is 92.4 cm³/mol. The van der Waals surface area contributed by atoms with Gasteiger partial charge in [0.25, 0.3) is 0 Å². The van der Waals surface area contributed by atoms with Gasteiger partial charge in [-0.05, 0) is 43.9 Å². The summed E-state index contributed by atoms with van der Waals surface area (Å²) >= 11 is 0. The minimum absolute atomic E-state index is 0.792. The average molecular weight is 296 g/mol. The SMILES string of the molecule is COc1ccccc1/C=C/CCCCCOc1ccccc1. The molecule has 0 aromatic heterocycles. The zero-order valence-electron chi connectivity index (χ0n) is 13.2. The molecular formula is C20H24O2. The van der Waals surface area contributed by atoms with Gasteiger partial charge in [-0.2, -0.15) is 0 Å². The summed E-state index contributed by atoms with van der Waals surface area (Å²) in [7, 11) is 1.71. The maximum Gasteiger partial charge on any atom is 0.126 e. The van der Waals surface area contributed by atoms with Gasteiger partial charge in [0.15, 0.2) is 0 Å². The highest BCUT2D eigenvalue weighted by Crippen LogP contribution is 2.19. The average Bonchev–Trinajstić information content (AvgIpc) is 2.58. The van der Waals surface area contributed by atoms with E-state index in [4.69, 9.17) is 9.47 Å². The van der Waals surface area contributed by atoms with Gasteiger partial charge in [-0.25, -0.2) is 0 Å². The van der Waals surface area contributed by atoms with E-state index in [0.29, 0.717) is 0 Å². The maximum atomic E-state index is 5.68. The van der Waals surface area contributed by atoms with Crippen LogP contribution in [0.4, 0.5) is 0 Å². The summed E-state index contributed by atoms with van der Waals surface area (Å²) in [6.45, 7) is 0.792. The number of ether oxygens (including phenoxy) is 2. The fourth-order valence-electron chi connectivity index (χ4n) is 2.26. The van der Waals surface area contributed by atoms with Gasteiger partial charge in [0.05, 0.1) is 13.7 Å². The van der Waals surface area contributed by atoms with Crippen LogP contribution < -0.4 is 9.47 Å². The van der Waals surface area contributed by atoms with E-state index >= 15 is 0 Å². The first kappa shape index (κ1) is 16.2. The van der Waals surface area contributed by atoms with Crippen LogP contribution in [0.1, 0.15) is 31.2 Å². The first-order valence-electron chi connectivity index (χ1n) is 7.87. The van der Waals surface area contributed by atoms with Gasteiger partial charge in [0.2, 0.25) is 0 Å². The number of rotatable bonds is 9. The molecule has 2 aromatic carbocycles. The molecule has 2 rings (SSSR count). The van der Waals surface area contributed by atoms with Crippen LogP contribution in [-0.2, 0) is 0 Å². The number of allylic oxidation sites excluding steroid dienone is 1. The molecule has 22 heavy (non-hydrogen) atoms. The summed E-state index contributed by atoms with van der Waals surface area (Å²) in [5.41, 5.74) is 1.14. The maximum absolute atomic E-state index is 5.68. The van der Waals surface area contributed by atoms with Crippen molar-refractivity contribution in [3.63, 3.8) is 0 Å². The van der Waals surface area contributed by atoms with E-state index < -0.39 is 0 Å². The summed E-state index contributed by atoms with van der Waals surface area (Å²) < 4.78 is 11.0. The van der Waals surface area contributed by atoms with Crippen molar-refractivity contribution in [3.8, 4) is 11.5 Å². The summed E-state index contributed by atoms with van der Waals surface area (Å²) in [4.78, 5) is 0. The molecule has 0 saturated carbocycles. The fraction of sp³-hybridized carbons (Fsp3) is 0.300. The molecule has 116 valence electrons. The lowest BCUT2D eigenvalue weighted by Crippen LogP contribution is -1.96. The van der Waals surface area contributed by atoms with Gasteiger partial charge in [0, 0.05) is 5.56 Å². The molecule has 0 atom stereocenters. The summed E-state index contributed by atoms with van der Waals surface area (Å²) in [5.74, 6) is 1.88. The van der Waals surface area contributed by atoms with Crippen LogP contribution in [0.2, 0.25) is 0 Å². The third-order valence-electron chi connectivity index (χ3n) is 3.46. The van der Waals surface area contributed by atoms with E-state index in [-0.39, 0.29) is 0 Å². The normalized spacial score (nSPS) is 10.8. The minimum Gasteiger partial charge on any atom is -0.496 e. The lowest BCUT2D eigenvalue weighted by Gasteiger charge is -2.05. The Morgan fingerprint density at radius 2 is 1.64 bits per heavy atom. The summed E-state index contributed by atoms with van der Waals surface area (Å²) in [6, 6.07) is 18.1. The zero-order chi connectivity index (χ0) is 15.5. The second kappa shape index (κ2) is 9.67. The number of unbranched alkanes of at least 4 members (excludes halogenated alkanes) is 3. The van der Waals surface area contributed by atoms with E-state index in [0.717, 1.165) is 36.5 Å². The lowest BCUT2D eigenvalue weighted by atomic mass is 10.1. The molecule has 0 aliphatic heterocycles. The largest absolute Gasteiger partial charge is 0.496 e. The van der Waals surface area contributed by atoms with Gasteiger partial charge in [-0.15, -0.1) is 0 Å². The van der Waals surface area contributed by atoms with Crippen molar-refractivity contribution in [2.75, 3.05) is 13.7 Å². The first-order chi connectivity index (χ1) is 10.9. The second-order valence-electron chi connectivity index (χ2n) is 5.16. The van der Waals surface area contributed by atoms with Crippen molar-refractivity contribution in [3.05, 3.63) is 66.2 Å². The molecule has 0 spiro atoms. The Bertz CT molecular complexity index is 561. The zero-order valence-corrected chi connectivity index (χ0v) is 13.2. The Kier molecular flexibility index (Phi) is 7.10. The van der Waals surface area contributed by atoms with Crippen LogP contribution >= 0.6 is 0 Å². The smallest absolute Gasteiger partial charge is 0.126 e. The molecule has 0 bridgehead atoms. The molecule has 0 fully saturated rings. The van der Waals surface area contributed by atoms with Crippen molar-refractivity contribution in [2.24, 2.45) is 0 Å². The molecule has 0 aliphatic rings. The van der Waals surface area contributed by atoms with Gasteiger partial charge in [0.1, 0.15) is 11.5 Å². The minimum atomic E-state index is 0.792. The van der Waals surface area contributed by atoms with Crippen LogP contribution in [0.15, 0.2) is 60.7 Å². The van der Waals surface area contributed by atoms with Crippen molar-refractivity contribution >= 4 is 6.08 Å². The molecule has 2 heteroatoms. The number of hydrogen-bond donors (Lipinski definition) is 0. The Morgan fingerprint density at radius 1 is 0.864 bits per heavy atom. The molecule has 0 unspecified atom stereocenters. The van der Waals surface area contributed by atoms with E-state index in [1.54, 1.807) is 7.11 Å². The number of benzene rings is 2. The Hall–Kier alpha value is -2.22. The molecule has 0 heterocycles. The van der Waals surface area contributed by atoms with Gasteiger partial charge in [-0.3, -0.25) is 0 Å². The molecule has 0 aliphatic carbocycles. The summed E-state index contributed by atoms with van der Waals surface area (Å²) in [6.07, 6.45) is 8.91. The van der Waals surface area contributed by atoms with Crippen LogP contribution in [0, 0.1) is 0 Å². The third kappa shape index (κ3) is 5.65. The van der Waals surface area contributed by atoms with Crippen molar-refractivity contribution in [2.45, 2.75) is 25.7 Å². The molecule has 2 aromatic rings. The fourth-order valence-corrected chi connectivity index (χ4v) is 2.26. The molecule has 0 radical (unpaired) electrons. The van der Waals surface area contributed by atoms with Crippen LogP contribution in [0.3, 0.4) is 0 Å². The highest BCUT2D eigenvalue weighted by atomic mass is 16.5. The molecule has 0 amide bonds. The number of methoxy groups -OCH3 is 1. The van der Waals surface area contributed by atoms with Crippen molar-refractivity contribution < 1.29 is 9.47 Å². The molecular weight excluding hydrogens is 272 g/mol. The Balaban J connectivity index is 1.58. The van der Waals surface area contributed by atoms with Gasteiger partial charge < -0.3 is 9.47 Å². The van der Waals surface area contributed by atoms with Crippen LogP contribution in [-0.4, -0.2) is 13.7 Å². The Labute approximate surface area is 133 Å². The third-order valence-corrected chi connectivity index (χ3v) is 3.46. The number of para-hydroxylation sites is 2. The molecule has 0 N–H and O–H groups in total. The monoisotopic (exact) mass is 296 g/mol. The van der Waals surface area contributed by atoms with Gasteiger partial charge >= 0.3 is 0 Å². The highest BCUT2D eigenvalue weighted by molar-refractivity contribution is 5.56. The van der Waals surface area contributed by atoms with E-state index in [2.05, 4.69) is 18.2 Å². The quantitative estimate of drug-likeness (QED) is 0.581. The standard InChI is InChI=1S/C20H24O2/c1-21-20-16-10-9-13-18(20)12-6-3-2-4-11-17-22-19-14-7-5-8-15-19/h5-10,12-16H,2-4,11,17H2,1H3/b12-6+. The van der Waals surface area contributed by atoms with Crippen LogP contribution in [0.25, 0.3) is 6.08 Å². The summed E-state index contributed by atoms with van der Waals surface area (Å²) in [5, 5.41) is 0.